The van der Waals surface area contributed by atoms with E-state index in [0.29, 0.717) is 67.1 Å². The molecule has 3 aliphatic rings. The highest BCUT2D eigenvalue weighted by molar-refractivity contribution is 6.74. The van der Waals surface area contributed by atoms with Crippen molar-refractivity contribution in [2.24, 2.45) is 14.1 Å². The molecule has 15 rings (SSSR count). The Kier molecular flexibility index (Phi) is 23.1. The van der Waals surface area contributed by atoms with Gasteiger partial charge in [-0.15, -0.1) is 0 Å². The van der Waals surface area contributed by atoms with Crippen molar-refractivity contribution in [3.8, 4) is 23.0 Å². The molecule has 3 aliphatic heterocycles. The van der Waals surface area contributed by atoms with Crippen molar-refractivity contribution in [2.75, 3.05) is 47.8 Å². The highest BCUT2D eigenvalue weighted by Gasteiger charge is 2.29. The lowest BCUT2D eigenvalue weighted by molar-refractivity contribution is 0.476. The summed E-state index contributed by atoms with van der Waals surface area (Å²) in [4.78, 5) is 9.09. The lowest BCUT2D eigenvalue weighted by atomic mass is 9.49. The Balaban J connectivity index is 0.000000130. The quantitative estimate of drug-likeness (QED) is 0.127. The molecule has 2 aromatic heterocycles. The zero-order chi connectivity index (χ0) is 75.2. The molecule has 0 atom stereocenters. The fourth-order valence-electron chi connectivity index (χ4n) is 14.6. The van der Waals surface area contributed by atoms with Crippen LogP contribution in [0.15, 0.2) is 182 Å². The molecular formula is C86H108B10N6O2. The van der Waals surface area contributed by atoms with Crippen LogP contribution in [0, 0.1) is 0 Å². The maximum Gasteiger partial charge on any atom is 0.169 e. The van der Waals surface area contributed by atoms with Gasteiger partial charge in [-0.2, -0.15) is 0 Å². The second-order valence-electron chi connectivity index (χ2n) is 32.6. The van der Waals surface area contributed by atoms with Gasteiger partial charge in [-0.3, -0.25) is 0 Å². The molecule has 104 heavy (non-hydrogen) atoms. The van der Waals surface area contributed by atoms with Crippen molar-refractivity contribution in [1.29, 1.82) is 0 Å². The summed E-state index contributed by atoms with van der Waals surface area (Å²) >= 11 is 0. The molecule has 8 nitrogen and oxygen atoms in total. The largest absolute Gasteiger partial charge is 0.453 e. The number of ether oxygens (including phenoxy) is 2. The van der Waals surface area contributed by atoms with Crippen LogP contribution in [0.2, 0.25) is 136 Å². The van der Waals surface area contributed by atoms with Crippen LogP contribution in [0.1, 0.15) is 0 Å². The first kappa shape index (κ1) is 76.4. The molecular weight excluding hydrogens is 1260 g/mol. The third kappa shape index (κ3) is 15.6. The number of aromatic nitrogens is 2. The standard InChI is InChI=1S/C18H24B2N2.2C17H21B2NO.2C17H21B2N/c1-19(2)13-7-9-15-17(11-13)22(6)18-12-14(20(3)4)8-10-16(18)21(15)5;1-18(2)12-6-8-16-14(10-12)20(5)15-11-13(19(3)4)7-9-17(15)21-16;1-18(2)12-6-8-14-16(10-12)21-17-11-13(19(3)4)7-9-15(17)20(14)5;1-18(2)12-6-8-16-14(10-12)15-11-13(19(3)4)7-9-17(15)20(16)5;1-18(2)12-6-8-14-15-9-7-13(19(3)4)11-17(15)20(5)16(14)10-12/h7-12H,1-6H3;2*6-11H,1-5H3;2*6-11H,1-5H3. The summed E-state index contributed by atoms with van der Waals surface area (Å²) < 4.78 is 16.9. The Hall–Kier alpha value is -8.75. The fourth-order valence-corrected chi connectivity index (χ4v) is 14.6. The Labute approximate surface area is 628 Å². The van der Waals surface area contributed by atoms with Gasteiger partial charge in [0.2, 0.25) is 0 Å². The molecule has 0 saturated heterocycles. The lowest BCUT2D eigenvalue weighted by Crippen LogP contribution is -2.31. The number of nitrogens with zero attached hydrogens (tertiary/aromatic N) is 6. The summed E-state index contributed by atoms with van der Waals surface area (Å²) in [6.07, 6.45) is 0. The highest BCUT2D eigenvalue weighted by Crippen LogP contribution is 2.48. The average molecular weight is 1370 g/mol. The molecule has 0 bridgehead atoms. The number of anilines is 8. The second kappa shape index (κ2) is 31.5. The van der Waals surface area contributed by atoms with E-state index >= 15 is 0 Å². The van der Waals surface area contributed by atoms with Gasteiger partial charge >= 0.3 is 0 Å². The van der Waals surface area contributed by atoms with Crippen LogP contribution in [-0.2, 0) is 14.1 Å². The first-order valence-corrected chi connectivity index (χ1v) is 38.5. The Bertz CT molecular complexity index is 4810. The number of fused-ring (bicyclic) bond motifs is 12. The maximum absolute atomic E-state index is 6.19. The summed E-state index contributed by atoms with van der Waals surface area (Å²) in [7, 11) is 12.9. The summed E-state index contributed by atoms with van der Waals surface area (Å²) in [6.45, 7) is 50.2. The smallest absolute Gasteiger partial charge is 0.169 e. The molecule has 0 N–H and O–H groups in total. The van der Waals surface area contributed by atoms with Gasteiger partial charge in [0.15, 0.2) is 90.1 Å². The number of rotatable bonds is 10. The van der Waals surface area contributed by atoms with Crippen LogP contribution < -0.4 is 83.7 Å². The van der Waals surface area contributed by atoms with Crippen molar-refractivity contribution in [1.82, 2.24) is 9.13 Å². The average Bonchev–Trinajstić information content (AvgIpc) is 1.65. The third-order valence-corrected chi connectivity index (χ3v) is 22.0. The van der Waals surface area contributed by atoms with E-state index in [-0.39, 0.29) is 0 Å². The van der Waals surface area contributed by atoms with Crippen molar-refractivity contribution in [2.45, 2.75) is 136 Å². The van der Waals surface area contributed by atoms with Gasteiger partial charge in [-0.1, -0.05) is 276 Å². The first-order valence-electron chi connectivity index (χ1n) is 38.5. The van der Waals surface area contributed by atoms with E-state index in [1.54, 1.807) is 0 Å². The van der Waals surface area contributed by atoms with Crippen LogP contribution in [0.3, 0.4) is 0 Å². The van der Waals surface area contributed by atoms with E-state index < -0.39 is 0 Å². The molecule has 18 heteroatoms. The molecule has 5 heterocycles. The first-order chi connectivity index (χ1) is 49.3. The van der Waals surface area contributed by atoms with Gasteiger partial charge in [0.25, 0.3) is 0 Å². The van der Waals surface area contributed by atoms with E-state index in [9.17, 15) is 0 Å². The molecule has 10 aromatic carbocycles. The molecule has 12 aromatic rings. The van der Waals surface area contributed by atoms with Gasteiger partial charge < -0.3 is 38.2 Å². The fraction of sp³-hybridized carbons (Fsp3) is 0.302. The SMILES string of the molecule is CB(C)c1ccc2c(c1)N(C)c1cc(B(C)C)ccc1N2C.CB(C)c1ccc2c(c1)N(C)c1cc(B(C)C)ccc1O2.CB(C)c1ccc2c(c1)Oc1cc(B(C)C)ccc1N2C.CB(C)c1ccc2c(c1)c1cc(B(C)C)ccc1n2C.CB(C)c1ccc2c3ccc(B(C)C)cc3n(C)c2c1. The van der Waals surface area contributed by atoms with E-state index in [4.69, 9.17) is 9.47 Å². The number of hydrogen-bond donors (Lipinski definition) is 0. The summed E-state index contributed by atoms with van der Waals surface area (Å²) in [5, 5.41) is 5.50. The predicted molar refractivity (Wildman–Crippen MR) is 483 cm³/mol. The van der Waals surface area contributed by atoms with Crippen LogP contribution in [0.4, 0.5) is 45.5 Å². The molecule has 0 unspecified atom stereocenters. The minimum atomic E-state index is 0.507. The topological polar surface area (TPSA) is 41.3 Å². The summed E-state index contributed by atoms with van der Waals surface area (Å²) in [6, 6.07) is 67.2. The van der Waals surface area contributed by atoms with Crippen LogP contribution >= 0.6 is 0 Å². The van der Waals surface area contributed by atoms with Crippen molar-refractivity contribution in [3.63, 3.8) is 0 Å². The predicted octanol–water partition coefficient (Wildman–Crippen LogP) is 16.9. The number of aryl methyl sites for hydroxylation is 2. The summed E-state index contributed by atoms with van der Waals surface area (Å²) in [5.74, 6) is 3.78. The van der Waals surface area contributed by atoms with E-state index in [0.717, 1.165) is 45.7 Å². The van der Waals surface area contributed by atoms with Gasteiger partial charge in [0.05, 0.1) is 45.5 Å². The number of hydrogen-bond acceptors (Lipinski definition) is 6. The second-order valence-corrected chi connectivity index (χ2v) is 32.6. The minimum absolute atomic E-state index is 0.507. The zero-order valence-electron chi connectivity index (χ0n) is 67.6. The van der Waals surface area contributed by atoms with Gasteiger partial charge in [0, 0.05) is 85.9 Å². The monoisotopic (exact) mass is 1370 g/mol. The molecule has 0 spiro atoms. The van der Waals surface area contributed by atoms with E-state index in [1.165, 1.54) is 121 Å². The highest BCUT2D eigenvalue weighted by atomic mass is 16.5. The lowest BCUT2D eigenvalue weighted by Gasteiger charge is -2.37. The van der Waals surface area contributed by atoms with Crippen molar-refractivity contribution < 1.29 is 9.47 Å². The Morgan fingerprint density at radius 1 is 0.183 bits per heavy atom. The normalized spacial score (nSPS) is 12.0. The third-order valence-electron chi connectivity index (χ3n) is 22.0. The number of benzene rings is 10. The van der Waals surface area contributed by atoms with E-state index in [1.807, 2.05) is 0 Å². The van der Waals surface area contributed by atoms with Crippen molar-refractivity contribution >= 4 is 211 Å². The Morgan fingerprint density at radius 2 is 0.413 bits per heavy atom. The van der Waals surface area contributed by atoms with Gasteiger partial charge in [-0.25, -0.2) is 0 Å². The van der Waals surface area contributed by atoms with E-state index in [2.05, 4.69) is 389 Å². The van der Waals surface area contributed by atoms with Crippen LogP contribution in [0.5, 0.6) is 23.0 Å². The molecule has 0 amide bonds. The molecule has 0 aliphatic carbocycles. The van der Waals surface area contributed by atoms with Gasteiger partial charge in [0.1, 0.15) is 0 Å². The maximum atomic E-state index is 6.19. The molecule has 0 fully saturated rings. The zero-order valence-corrected chi connectivity index (χ0v) is 67.6. The van der Waals surface area contributed by atoms with Crippen molar-refractivity contribution in [3.05, 3.63) is 182 Å². The minimum Gasteiger partial charge on any atom is -0.453 e. The van der Waals surface area contributed by atoms with Crippen LogP contribution in [0.25, 0.3) is 43.6 Å². The van der Waals surface area contributed by atoms with Crippen LogP contribution in [-0.4, -0.2) is 104 Å². The molecule has 524 valence electrons. The molecule has 0 saturated carbocycles. The molecule has 0 radical (unpaired) electrons. The Morgan fingerprint density at radius 3 is 0.760 bits per heavy atom. The summed E-state index contributed by atoms with van der Waals surface area (Å²) in [5.41, 5.74) is 28.8. The van der Waals surface area contributed by atoms with Gasteiger partial charge in [-0.05, 0) is 97.1 Å².